The van der Waals surface area contributed by atoms with Gasteiger partial charge in [0.05, 0.1) is 5.92 Å². The summed E-state index contributed by atoms with van der Waals surface area (Å²) in [5.74, 6) is -0.108. The van der Waals surface area contributed by atoms with Gasteiger partial charge in [-0.15, -0.1) is 0 Å². The van der Waals surface area contributed by atoms with Crippen LogP contribution in [0.25, 0.3) is 0 Å². The first-order valence-corrected chi connectivity index (χ1v) is 6.35. The van der Waals surface area contributed by atoms with E-state index in [9.17, 15) is 4.79 Å². The van der Waals surface area contributed by atoms with Gasteiger partial charge < -0.3 is 4.74 Å². The Kier molecular flexibility index (Phi) is 3.63. The summed E-state index contributed by atoms with van der Waals surface area (Å²) in [6, 6.07) is 8.13. The van der Waals surface area contributed by atoms with Gasteiger partial charge in [-0.05, 0) is 40.6 Å². The fraction of sp³-hybridized carbons (Fsp3) is 0.308. The molecule has 1 fully saturated rings. The second kappa shape index (κ2) is 4.99. The number of ether oxygens (including phenoxy) is 1. The van der Waals surface area contributed by atoms with Gasteiger partial charge in [0.1, 0.15) is 6.10 Å². The molecule has 1 aliphatic rings. The van der Waals surface area contributed by atoms with Crippen LogP contribution in [0.3, 0.4) is 0 Å². The van der Waals surface area contributed by atoms with E-state index in [1.54, 1.807) is 6.08 Å². The third-order valence-electron chi connectivity index (χ3n) is 2.80. The van der Waals surface area contributed by atoms with Crippen molar-refractivity contribution in [2.45, 2.75) is 18.9 Å². The molecule has 84 valence electrons. The first-order chi connectivity index (χ1) is 7.70. The smallest absolute Gasteiger partial charge is 0.310 e. The molecule has 2 nitrogen and oxygen atoms in total. The molecule has 1 aromatic rings. The van der Waals surface area contributed by atoms with Gasteiger partial charge in [0.15, 0.2) is 0 Å². The van der Waals surface area contributed by atoms with E-state index in [2.05, 4.69) is 41.3 Å². The summed E-state index contributed by atoms with van der Waals surface area (Å²) in [6.07, 6.45) is 3.13. The summed E-state index contributed by atoms with van der Waals surface area (Å²) in [5.41, 5.74) is 1.22. The highest BCUT2D eigenvalue weighted by Gasteiger charge is 2.32. The van der Waals surface area contributed by atoms with E-state index in [0.717, 1.165) is 12.8 Å². The molecule has 0 saturated carbocycles. The Hall–Kier alpha value is -0.840. The number of rotatable bonds is 3. The van der Waals surface area contributed by atoms with Crippen LogP contribution in [0, 0.1) is 9.49 Å². The van der Waals surface area contributed by atoms with E-state index in [0.29, 0.717) is 0 Å². The first-order valence-electron chi connectivity index (χ1n) is 5.27. The van der Waals surface area contributed by atoms with Crippen LogP contribution < -0.4 is 0 Å². The molecule has 3 heteroatoms. The number of cyclic esters (lactones) is 1. The normalized spacial score (nSPS) is 24.2. The minimum Gasteiger partial charge on any atom is -0.458 e. The van der Waals surface area contributed by atoms with Crippen molar-refractivity contribution in [1.82, 2.24) is 0 Å². The minimum absolute atomic E-state index is 0.0149. The number of carbonyl (C=O) groups is 1. The van der Waals surface area contributed by atoms with Crippen molar-refractivity contribution in [3.05, 3.63) is 46.1 Å². The van der Waals surface area contributed by atoms with Crippen LogP contribution in [0.5, 0.6) is 0 Å². The maximum atomic E-state index is 11.6. The second-order valence-electron chi connectivity index (χ2n) is 3.94. The predicted molar refractivity (Wildman–Crippen MR) is 71.0 cm³/mol. The maximum Gasteiger partial charge on any atom is 0.310 e. The molecule has 2 rings (SSSR count). The standard InChI is InChI=1S/C13H13IO2/c1-2-11-8-10(13(15)16-11)7-9-5-3-4-6-12(9)14/h2-6,10-11H,1,7-8H2. The largest absolute Gasteiger partial charge is 0.458 e. The fourth-order valence-corrected chi connectivity index (χ4v) is 2.52. The lowest BCUT2D eigenvalue weighted by molar-refractivity contribution is -0.143. The van der Waals surface area contributed by atoms with E-state index in [4.69, 9.17) is 4.74 Å². The van der Waals surface area contributed by atoms with Crippen LogP contribution in [0.1, 0.15) is 12.0 Å². The molecular weight excluding hydrogens is 315 g/mol. The van der Waals surface area contributed by atoms with Gasteiger partial charge in [-0.25, -0.2) is 0 Å². The summed E-state index contributed by atoms with van der Waals surface area (Å²) >= 11 is 2.30. The predicted octanol–water partition coefficient (Wildman–Crippen LogP) is 2.95. The van der Waals surface area contributed by atoms with E-state index in [1.807, 2.05) is 12.1 Å². The molecule has 1 aromatic carbocycles. The van der Waals surface area contributed by atoms with E-state index in [-0.39, 0.29) is 18.0 Å². The van der Waals surface area contributed by atoms with Crippen LogP contribution in [0.2, 0.25) is 0 Å². The third kappa shape index (κ3) is 2.45. The first kappa shape index (κ1) is 11.6. The van der Waals surface area contributed by atoms with Gasteiger partial charge in [-0.2, -0.15) is 0 Å². The Morgan fingerprint density at radius 2 is 2.25 bits per heavy atom. The molecule has 1 heterocycles. The average molecular weight is 328 g/mol. The average Bonchev–Trinajstić information content (AvgIpc) is 2.63. The van der Waals surface area contributed by atoms with E-state index < -0.39 is 0 Å². The number of hydrogen-bond acceptors (Lipinski definition) is 2. The number of benzene rings is 1. The number of hydrogen-bond donors (Lipinski definition) is 0. The van der Waals surface area contributed by atoms with Crippen LogP contribution in [-0.2, 0) is 16.0 Å². The highest BCUT2D eigenvalue weighted by Crippen LogP contribution is 2.26. The Bertz CT molecular complexity index is 414. The van der Waals surface area contributed by atoms with Gasteiger partial charge in [-0.3, -0.25) is 4.79 Å². The Morgan fingerprint density at radius 1 is 1.50 bits per heavy atom. The van der Waals surface area contributed by atoms with Gasteiger partial charge in [0.25, 0.3) is 0 Å². The highest BCUT2D eigenvalue weighted by molar-refractivity contribution is 14.1. The zero-order chi connectivity index (χ0) is 11.5. The van der Waals surface area contributed by atoms with Crippen LogP contribution in [0.4, 0.5) is 0 Å². The Balaban J connectivity index is 2.08. The van der Waals surface area contributed by atoms with Crippen LogP contribution >= 0.6 is 22.6 Å². The number of esters is 1. The zero-order valence-corrected chi connectivity index (χ0v) is 11.0. The van der Waals surface area contributed by atoms with Crippen molar-refractivity contribution >= 4 is 28.6 Å². The van der Waals surface area contributed by atoms with E-state index >= 15 is 0 Å². The molecule has 0 bridgehead atoms. The van der Waals surface area contributed by atoms with Gasteiger partial charge >= 0.3 is 5.97 Å². The third-order valence-corrected chi connectivity index (χ3v) is 3.86. The van der Waals surface area contributed by atoms with E-state index in [1.165, 1.54) is 9.13 Å². The highest BCUT2D eigenvalue weighted by atomic mass is 127. The monoisotopic (exact) mass is 328 g/mol. The molecule has 0 radical (unpaired) electrons. The van der Waals surface area contributed by atoms with Gasteiger partial charge in [-0.1, -0.05) is 30.9 Å². The van der Waals surface area contributed by atoms with Crippen molar-refractivity contribution in [1.29, 1.82) is 0 Å². The number of carbonyl (C=O) groups excluding carboxylic acids is 1. The Labute approximate surface area is 109 Å². The lowest BCUT2D eigenvalue weighted by Crippen LogP contribution is -2.11. The quantitative estimate of drug-likeness (QED) is 0.484. The maximum absolute atomic E-state index is 11.6. The molecule has 0 N–H and O–H groups in total. The fourth-order valence-electron chi connectivity index (χ4n) is 1.91. The summed E-state index contributed by atoms with van der Waals surface area (Å²) < 4.78 is 6.38. The summed E-state index contributed by atoms with van der Waals surface area (Å²) in [7, 11) is 0. The SMILES string of the molecule is C=CC1CC(Cc2ccccc2I)C(=O)O1. The zero-order valence-electron chi connectivity index (χ0n) is 8.86. The molecule has 1 saturated heterocycles. The lowest BCUT2D eigenvalue weighted by atomic mass is 9.96. The molecule has 2 unspecified atom stereocenters. The Morgan fingerprint density at radius 3 is 2.88 bits per heavy atom. The molecule has 0 spiro atoms. The van der Waals surface area contributed by atoms with Crippen molar-refractivity contribution < 1.29 is 9.53 Å². The van der Waals surface area contributed by atoms with Crippen molar-refractivity contribution in [3.63, 3.8) is 0 Å². The van der Waals surface area contributed by atoms with Crippen molar-refractivity contribution in [2.24, 2.45) is 5.92 Å². The van der Waals surface area contributed by atoms with Crippen LogP contribution in [-0.4, -0.2) is 12.1 Å². The summed E-state index contributed by atoms with van der Waals surface area (Å²) in [5, 5.41) is 0. The number of halogens is 1. The van der Waals surface area contributed by atoms with Gasteiger partial charge in [0.2, 0.25) is 0 Å². The molecular formula is C13H13IO2. The van der Waals surface area contributed by atoms with Gasteiger partial charge in [0, 0.05) is 9.99 Å². The second-order valence-corrected chi connectivity index (χ2v) is 5.10. The lowest BCUT2D eigenvalue weighted by Gasteiger charge is -2.07. The molecule has 16 heavy (non-hydrogen) atoms. The topological polar surface area (TPSA) is 26.3 Å². The molecule has 2 atom stereocenters. The molecule has 0 amide bonds. The molecule has 0 aromatic heterocycles. The summed E-state index contributed by atoms with van der Waals surface area (Å²) in [4.78, 5) is 11.6. The van der Waals surface area contributed by atoms with Crippen molar-refractivity contribution in [2.75, 3.05) is 0 Å². The molecule has 0 aliphatic carbocycles. The summed E-state index contributed by atoms with van der Waals surface area (Å²) in [6.45, 7) is 3.66. The van der Waals surface area contributed by atoms with Crippen molar-refractivity contribution in [3.8, 4) is 0 Å². The minimum atomic E-state index is -0.0983. The molecule has 1 aliphatic heterocycles. The van der Waals surface area contributed by atoms with Crippen LogP contribution in [0.15, 0.2) is 36.9 Å².